The van der Waals surface area contributed by atoms with Crippen molar-refractivity contribution in [3.63, 3.8) is 0 Å². The highest BCUT2D eigenvalue weighted by atomic mass is 16.8. The van der Waals surface area contributed by atoms with E-state index in [1.54, 1.807) is 0 Å². The van der Waals surface area contributed by atoms with Gasteiger partial charge in [-0.15, -0.1) is 0 Å². The summed E-state index contributed by atoms with van der Waals surface area (Å²) >= 11 is 0. The van der Waals surface area contributed by atoms with Gasteiger partial charge in [-0.05, 0) is 0 Å². The maximum Gasteiger partial charge on any atom is 0.307 e. The number of hydrogen-bond donors (Lipinski definition) is 1. The lowest BCUT2D eigenvalue weighted by Gasteiger charge is -2.30. The van der Waals surface area contributed by atoms with E-state index >= 15 is 0 Å². The fraction of sp³-hybridized carbons (Fsp3) is 1.00. The SMILES string of the molecule is [O-][NH+]1CCC2COC1O2. The number of hydrogen-bond acceptors (Lipinski definition) is 3. The normalized spacial score (nSPS) is 49.7. The van der Waals surface area contributed by atoms with Gasteiger partial charge in [0, 0.05) is 6.42 Å². The van der Waals surface area contributed by atoms with Crippen LogP contribution in [0.1, 0.15) is 6.42 Å². The molecule has 2 aliphatic heterocycles. The first-order valence-corrected chi connectivity index (χ1v) is 3.16. The summed E-state index contributed by atoms with van der Waals surface area (Å²) in [5, 5.41) is 10.9. The average Bonchev–Trinajstić information content (AvgIpc) is 2.25. The molecule has 2 saturated heterocycles. The molecule has 0 radical (unpaired) electrons. The zero-order chi connectivity index (χ0) is 6.27. The van der Waals surface area contributed by atoms with Crippen molar-refractivity contribution in [2.75, 3.05) is 13.2 Å². The zero-order valence-corrected chi connectivity index (χ0v) is 5.00. The van der Waals surface area contributed by atoms with E-state index in [0.717, 1.165) is 6.42 Å². The first-order valence-electron chi connectivity index (χ1n) is 3.16. The molecule has 4 heteroatoms. The van der Waals surface area contributed by atoms with Gasteiger partial charge in [-0.25, -0.2) is 0 Å². The monoisotopic (exact) mass is 131 g/mol. The quantitative estimate of drug-likeness (QED) is 0.406. The van der Waals surface area contributed by atoms with Crippen LogP contribution in [0.5, 0.6) is 0 Å². The summed E-state index contributed by atoms with van der Waals surface area (Å²) < 4.78 is 10.2. The second-order valence-corrected chi connectivity index (χ2v) is 2.43. The number of hydroxylamine groups is 2. The lowest BCUT2D eigenvalue weighted by molar-refractivity contribution is -0.931. The highest BCUT2D eigenvalue weighted by molar-refractivity contribution is 4.64. The molecule has 0 saturated carbocycles. The van der Waals surface area contributed by atoms with Crippen LogP contribution >= 0.6 is 0 Å². The molecule has 0 aromatic rings. The number of rotatable bonds is 0. The van der Waals surface area contributed by atoms with Crippen molar-refractivity contribution in [3.05, 3.63) is 5.21 Å². The number of quaternary nitrogens is 1. The third-order valence-corrected chi connectivity index (χ3v) is 1.73. The highest BCUT2D eigenvalue weighted by Crippen LogP contribution is 2.12. The Morgan fingerprint density at radius 1 is 1.56 bits per heavy atom. The Hall–Kier alpha value is -0.160. The minimum Gasteiger partial charge on any atom is -0.631 e. The van der Waals surface area contributed by atoms with Gasteiger partial charge in [-0.2, -0.15) is 0 Å². The van der Waals surface area contributed by atoms with Gasteiger partial charge in [0.25, 0.3) is 0 Å². The molecule has 2 fully saturated rings. The standard InChI is InChI=1S/C5H9NO3/c7-6-2-1-4-3-8-5(6)9-4/h4-6H,1-3H2. The maximum absolute atomic E-state index is 10.8. The van der Waals surface area contributed by atoms with Gasteiger partial charge in [0.15, 0.2) is 0 Å². The topological polar surface area (TPSA) is 46.0 Å². The van der Waals surface area contributed by atoms with Crippen molar-refractivity contribution in [2.45, 2.75) is 18.9 Å². The van der Waals surface area contributed by atoms with E-state index in [9.17, 15) is 5.21 Å². The van der Waals surface area contributed by atoms with Gasteiger partial charge >= 0.3 is 6.41 Å². The summed E-state index contributed by atoms with van der Waals surface area (Å²) in [5.74, 6) is 0. The van der Waals surface area contributed by atoms with Crippen LogP contribution in [0.3, 0.4) is 0 Å². The van der Waals surface area contributed by atoms with Crippen LogP contribution in [0.2, 0.25) is 0 Å². The highest BCUT2D eigenvalue weighted by Gasteiger charge is 2.35. The van der Waals surface area contributed by atoms with Crippen molar-refractivity contribution < 1.29 is 14.5 Å². The van der Waals surface area contributed by atoms with Crippen LogP contribution in [0.25, 0.3) is 0 Å². The molecule has 2 aliphatic rings. The molecule has 0 amide bonds. The molecule has 52 valence electrons. The van der Waals surface area contributed by atoms with E-state index < -0.39 is 6.41 Å². The minimum absolute atomic E-state index is 0.101. The molecule has 0 aromatic carbocycles. The summed E-state index contributed by atoms with van der Waals surface area (Å²) in [6.07, 6.45) is 0.534. The predicted molar refractivity (Wildman–Crippen MR) is 28.4 cm³/mol. The van der Waals surface area contributed by atoms with E-state index in [2.05, 4.69) is 0 Å². The lowest BCUT2D eigenvalue weighted by Crippen LogP contribution is -3.12. The number of ether oxygens (including phenoxy) is 2. The third kappa shape index (κ3) is 0.840. The summed E-state index contributed by atoms with van der Waals surface area (Å²) in [7, 11) is 0. The molecule has 4 nitrogen and oxygen atoms in total. The van der Waals surface area contributed by atoms with Gasteiger partial charge < -0.3 is 15.0 Å². The van der Waals surface area contributed by atoms with Crippen molar-refractivity contribution in [2.24, 2.45) is 0 Å². The van der Waals surface area contributed by atoms with Crippen LogP contribution < -0.4 is 5.06 Å². The van der Waals surface area contributed by atoms with Crippen molar-refractivity contribution in [1.29, 1.82) is 0 Å². The van der Waals surface area contributed by atoms with E-state index in [1.165, 1.54) is 0 Å². The molecule has 0 aromatic heterocycles. The van der Waals surface area contributed by atoms with Gasteiger partial charge in [0.2, 0.25) is 0 Å². The van der Waals surface area contributed by atoms with Gasteiger partial charge in [-0.3, -0.25) is 4.74 Å². The molecule has 3 atom stereocenters. The fourth-order valence-electron chi connectivity index (χ4n) is 1.19. The summed E-state index contributed by atoms with van der Waals surface area (Å²) in [5.41, 5.74) is 0. The van der Waals surface area contributed by atoms with E-state index in [0.29, 0.717) is 13.2 Å². The Labute approximate surface area is 52.9 Å². The Morgan fingerprint density at radius 2 is 2.44 bits per heavy atom. The summed E-state index contributed by atoms with van der Waals surface area (Å²) in [6, 6.07) is 0. The van der Waals surface area contributed by atoms with E-state index in [-0.39, 0.29) is 11.2 Å². The van der Waals surface area contributed by atoms with Gasteiger partial charge in [-0.1, -0.05) is 0 Å². The van der Waals surface area contributed by atoms with Crippen LogP contribution in [0.15, 0.2) is 0 Å². The minimum atomic E-state index is -0.510. The first kappa shape index (κ1) is 5.61. The van der Waals surface area contributed by atoms with Crippen molar-refractivity contribution >= 4 is 0 Å². The zero-order valence-electron chi connectivity index (χ0n) is 5.00. The molecule has 0 spiro atoms. The largest absolute Gasteiger partial charge is 0.631 e. The second-order valence-electron chi connectivity index (χ2n) is 2.43. The summed E-state index contributed by atoms with van der Waals surface area (Å²) in [6.45, 7) is 1.24. The van der Waals surface area contributed by atoms with Crippen molar-refractivity contribution in [1.82, 2.24) is 0 Å². The summed E-state index contributed by atoms with van der Waals surface area (Å²) in [4.78, 5) is 0. The molecule has 3 unspecified atom stereocenters. The van der Waals surface area contributed by atoms with Crippen LogP contribution in [0.4, 0.5) is 0 Å². The smallest absolute Gasteiger partial charge is 0.307 e. The van der Waals surface area contributed by atoms with Crippen LogP contribution in [-0.4, -0.2) is 25.7 Å². The molecular formula is C5H9NO3. The molecule has 2 heterocycles. The molecule has 9 heavy (non-hydrogen) atoms. The average molecular weight is 131 g/mol. The molecule has 2 rings (SSSR count). The van der Waals surface area contributed by atoms with Gasteiger partial charge in [0.05, 0.1) is 19.3 Å². The van der Waals surface area contributed by atoms with Crippen LogP contribution in [0, 0.1) is 5.21 Å². The van der Waals surface area contributed by atoms with E-state index in [1.807, 2.05) is 0 Å². The predicted octanol–water partition coefficient (Wildman–Crippen LogP) is -1.53. The Kier molecular flexibility index (Phi) is 1.19. The fourth-order valence-corrected chi connectivity index (χ4v) is 1.19. The Balaban J connectivity index is 2.05. The second kappa shape index (κ2) is 1.91. The molecule has 1 N–H and O–H groups in total. The van der Waals surface area contributed by atoms with Crippen molar-refractivity contribution in [3.8, 4) is 0 Å². The Bertz CT molecular complexity index is 119. The third-order valence-electron chi connectivity index (χ3n) is 1.73. The Morgan fingerprint density at radius 3 is 3.22 bits per heavy atom. The first-order chi connectivity index (χ1) is 4.36. The molecule has 2 bridgehead atoms. The van der Waals surface area contributed by atoms with E-state index in [4.69, 9.17) is 9.47 Å². The van der Waals surface area contributed by atoms with Crippen LogP contribution in [-0.2, 0) is 9.47 Å². The number of nitrogens with one attached hydrogen (secondary N) is 1. The molecule has 0 aliphatic carbocycles. The maximum atomic E-state index is 10.8. The number of fused-ring (bicyclic) bond motifs is 2. The van der Waals surface area contributed by atoms with Gasteiger partial charge in [0.1, 0.15) is 0 Å². The lowest BCUT2D eigenvalue weighted by atomic mass is 10.2. The molecular weight excluding hydrogens is 122 g/mol.